The van der Waals surface area contributed by atoms with E-state index in [1.807, 2.05) is 36.4 Å². The van der Waals surface area contributed by atoms with Crippen LogP contribution in [-0.2, 0) is 13.0 Å². The molecule has 1 aliphatic carbocycles. The third kappa shape index (κ3) is 4.28. The molecule has 0 radical (unpaired) electrons. The summed E-state index contributed by atoms with van der Waals surface area (Å²) in [5.74, 6) is 1.64. The lowest BCUT2D eigenvalue weighted by atomic mass is 9.79. The van der Waals surface area contributed by atoms with Crippen molar-refractivity contribution in [3.63, 3.8) is 0 Å². The van der Waals surface area contributed by atoms with E-state index < -0.39 is 0 Å². The van der Waals surface area contributed by atoms with Gasteiger partial charge in [-0.2, -0.15) is 4.98 Å². The van der Waals surface area contributed by atoms with Crippen molar-refractivity contribution in [1.29, 1.82) is 0 Å². The van der Waals surface area contributed by atoms with E-state index >= 15 is 0 Å². The summed E-state index contributed by atoms with van der Waals surface area (Å²) in [7, 11) is 0. The fourth-order valence-corrected chi connectivity index (χ4v) is 5.05. The highest BCUT2D eigenvalue weighted by atomic mass is 35.5. The molecule has 182 valence electrons. The lowest BCUT2D eigenvalue weighted by molar-refractivity contribution is 0.0964. The molecule has 3 heterocycles. The van der Waals surface area contributed by atoms with Crippen molar-refractivity contribution >= 4 is 34.4 Å². The normalized spacial score (nSPS) is 16.9. The summed E-state index contributed by atoms with van der Waals surface area (Å²) in [5, 5.41) is 4.14. The van der Waals surface area contributed by atoms with Gasteiger partial charge in [-0.3, -0.25) is 14.6 Å². The highest BCUT2D eigenvalue weighted by molar-refractivity contribution is 6.30. The number of H-pyrrole nitrogens is 1. The molecule has 2 N–H and O–H groups in total. The van der Waals surface area contributed by atoms with Gasteiger partial charge in [0.1, 0.15) is 0 Å². The van der Waals surface area contributed by atoms with Gasteiger partial charge in [-0.05, 0) is 53.3 Å². The number of aromatic amines is 1. The maximum atomic E-state index is 13.2. The van der Waals surface area contributed by atoms with Gasteiger partial charge in [-0.15, -0.1) is 0 Å². The summed E-state index contributed by atoms with van der Waals surface area (Å²) < 4.78 is 11.4. The first-order chi connectivity index (χ1) is 17.5. The summed E-state index contributed by atoms with van der Waals surface area (Å²) in [6.45, 7) is 1.67. The molecule has 9 heteroatoms. The maximum Gasteiger partial charge on any atom is 0.262 e. The van der Waals surface area contributed by atoms with Crippen molar-refractivity contribution in [2.45, 2.75) is 31.7 Å². The number of aromatic nitrogens is 3. The molecular formula is C27H23ClN4O4. The Hall–Kier alpha value is -3.91. The number of nitrogens with zero attached hydrogens (tertiary/aromatic N) is 2. The standard InChI is InChI=1S/C27H23ClN4O4/c28-18-4-1-3-16(10-18)17-11-19-20(21(33)12-17)14-29-25-24(19)26(34)32-27(31-25)30-13-15-5-6-22-23(9-15)36-8-2-7-35-22/h1,3-6,9-10,14,17H,2,7-8,11-13H2,(H2,29,30,31,32,34). The molecule has 36 heavy (non-hydrogen) atoms. The van der Waals surface area contributed by atoms with Crippen molar-refractivity contribution in [3.05, 3.63) is 86.3 Å². The van der Waals surface area contributed by atoms with Crippen LogP contribution in [0.5, 0.6) is 11.5 Å². The summed E-state index contributed by atoms with van der Waals surface area (Å²) in [4.78, 5) is 37.8. The molecule has 0 spiro atoms. The van der Waals surface area contributed by atoms with Crippen LogP contribution in [0.4, 0.5) is 5.95 Å². The lowest BCUT2D eigenvalue weighted by Gasteiger charge is -2.24. The van der Waals surface area contributed by atoms with Gasteiger partial charge in [0.25, 0.3) is 5.56 Å². The average molecular weight is 503 g/mol. The molecule has 2 aromatic carbocycles. The van der Waals surface area contributed by atoms with E-state index in [1.54, 1.807) is 6.07 Å². The predicted molar refractivity (Wildman–Crippen MR) is 136 cm³/mol. The zero-order chi connectivity index (χ0) is 24.6. The van der Waals surface area contributed by atoms with E-state index in [9.17, 15) is 9.59 Å². The topological polar surface area (TPSA) is 106 Å². The highest BCUT2D eigenvalue weighted by Crippen LogP contribution is 2.35. The minimum absolute atomic E-state index is 0.0355. The largest absolute Gasteiger partial charge is 0.490 e. The quantitative estimate of drug-likeness (QED) is 0.418. The minimum Gasteiger partial charge on any atom is -0.490 e. The first kappa shape index (κ1) is 22.5. The van der Waals surface area contributed by atoms with Crippen LogP contribution in [-0.4, -0.2) is 33.9 Å². The first-order valence-electron chi connectivity index (χ1n) is 11.9. The number of anilines is 1. The Bertz CT molecular complexity index is 1550. The van der Waals surface area contributed by atoms with E-state index in [2.05, 4.69) is 20.3 Å². The number of ketones is 1. The number of rotatable bonds is 4. The van der Waals surface area contributed by atoms with Crippen LogP contribution in [0.1, 0.15) is 45.8 Å². The van der Waals surface area contributed by atoms with E-state index in [0.29, 0.717) is 71.5 Å². The van der Waals surface area contributed by atoms with Crippen molar-refractivity contribution in [1.82, 2.24) is 15.0 Å². The van der Waals surface area contributed by atoms with Crippen LogP contribution in [0.3, 0.4) is 0 Å². The number of hydrogen-bond acceptors (Lipinski definition) is 7. The molecule has 0 saturated carbocycles. The number of benzene rings is 2. The number of fused-ring (bicyclic) bond motifs is 4. The Balaban J connectivity index is 1.29. The van der Waals surface area contributed by atoms with Crippen LogP contribution >= 0.6 is 11.6 Å². The maximum absolute atomic E-state index is 13.2. The summed E-state index contributed by atoms with van der Waals surface area (Å²) in [5.41, 5.74) is 3.08. The Morgan fingerprint density at radius 3 is 2.78 bits per heavy atom. The Morgan fingerprint density at radius 1 is 1.06 bits per heavy atom. The third-order valence-corrected chi connectivity index (χ3v) is 6.85. The van der Waals surface area contributed by atoms with Gasteiger partial charge < -0.3 is 14.8 Å². The van der Waals surface area contributed by atoms with E-state index in [4.69, 9.17) is 21.1 Å². The molecule has 1 unspecified atom stereocenters. The van der Waals surface area contributed by atoms with Gasteiger partial charge in [-0.1, -0.05) is 29.8 Å². The second kappa shape index (κ2) is 9.28. The number of hydrogen-bond donors (Lipinski definition) is 2. The summed E-state index contributed by atoms with van der Waals surface area (Å²) in [6, 6.07) is 13.3. The van der Waals surface area contributed by atoms with Crippen LogP contribution < -0.4 is 20.3 Å². The van der Waals surface area contributed by atoms with Crippen LogP contribution in [0.15, 0.2) is 53.5 Å². The molecule has 0 bridgehead atoms. The molecule has 0 fully saturated rings. The summed E-state index contributed by atoms with van der Waals surface area (Å²) in [6.07, 6.45) is 3.26. The number of halogens is 1. The molecule has 6 rings (SSSR count). The molecule has 0 saturated heterocycles. The SMILES string of the molecule is O=C1CC(c2cccc(Cl)c2)Cc2c1cnc1nc(NCc3ccc4c(c3)OCCCO4)[nH]c(=O)c21. The number of pyridine rings is 1. The Labute approximate surface area is 211 Å². The Morgan fingerprint density at radius 2 is 1.92 bits per heavy atom. The van der Waals surface area contributed by atoms with Crippen molar-refractivity contribution in [3.8, 4) is 11.5 Å². The van der Waals surface area contributed by atoms with Crippen molar-refractivity contribution < 1.29 is 14.3 Å². The van der Waals surface area contributed by atoms with Crippen LogP contribution in [0.2, 0.25) is 5.02 Å². The highest BCUT2D eigenvalue weighted by Gasteiger charge is 2.29. The molecule has 8 nitrogen and oxygen atoms in total. The minimum atomic E-state index is -0.329. The fraction of sp³-hybridized carbons (Fsp3) is 0.259. The van der Waals surface area contributed by atoms with E-state index in [0.717, 1.165) is 23.3 Å². The van der Waals surface area contributed by atoms with Crippen molar-refractivity contribution in [2.24, 2.45) is 0 Å². The first-order valence-corrected chi connectivity index (χ1v) is 12.3. The zero-order valence-electron chi connectivity index (χ0n) is 19.3. The molecule has 0 amide bonds. The number of carbonyl (C=O) groups is 1. The molecule has 2 aromatic heterocycles. The number of Topliss-reactive ketones (excluding diaryl/α,β-unsaturated/α-hetero) is 1. The van der Waals surface area contributed by atoms with E-state index in [1.165, 1.54) is 6.20 Å². The average Bonchev–Trinajstić information content (AvgIpc) is 3.12. The molecule has 4 aromatic rings. The van der Waals surface area contributed by atoms with Gasteiger partial charge in [0.05, 0.1) is 18.6 Å². The molecule has 1 aliphatic heterocycles. The second-order valence-corrected chi connectivity index (χ2v) is 9.47. The lowest BCUT2D eigenvalue weighted by Crippen LogP contribution is -2.23. The molecule has 2 aliphatic rings. The monoisotopic (exact) mass is 502 g/mol. The van der Waals surface area contributed by atoms with Gasteiger partial charge in [-0.25, -0.2) is 4.98 Å². The second-order valence-electron chi connectivity index (χ2n) is 9.03. The number of ether oxygens (including phenoxy) is 2. The molecular weight excluding hydrogens is 480 g/mol. The zero-order valence-corrected chi connectivity index (χ0v) is 20.1. The third-order valence-electron chi connectivity index (χ3n) is 6.62. The Kier molecular flexibility index (Phi) is 5.81. The van der Waals surface area contributed by atoms with Gasteiger partial charge in [0.15, 0.2) is 22.9 Å². The van der Waals surface area contributed by atoms with E-state index in [-0.39, 0.29) is 17.3 Å². The predicted octanol–water partition coefficient (Wildman–Crippen LogP) is 4.66. The smallest absolute Gasteiger partial charge is 0.262 e. The molecule has 1 atom stereocenters. The van der Waals surface area contributed by atoms with Crippen molar-refractivity contribution in [2.75, 3.05) is 18.5 Å². The van der Waals surface area contributed by atoms with Gasteiger partial charge >= 0.3 is 0 Å². The van der Waals surface area contributed by atoms with Gasteiger partial charge in [0.2, 0.25) is 5.95 Å². The number of carbonyl (C=O) groups excluding carboxylic acids is 1. The van der Waals surface area contributed by atoms with Crippen LogP contribution in [0, 0.1) is 0 Å². The van der Waals surface area contributed by atoms with Crippen LogP contribution in [0.25, 0.3) is 11.0 Å². The van der Waals surface area contributed by atoms with Gasteiger partial charge in [0, 0.05) is 36.2 Å². The number of nitrogens with one attached hydrogen (secondary N) is 2. The fourth-order valence-electron chi connectivity index (χ4n) is 4.85. The summed E-state index contributed by atoms with van der Waals surface area (Å²) >= 11 is 6.17.